The van der Waals surface area contributed by atoms with Gasteiger partial charge in [0, 0.05) is 25.7 Å². The van der Waals surface area contributed by atoms with E-state index >= 15 is 0 Å². The highest BCUT2D eigenvalue weighted by molar-refractivity contribution is 5.77. The highest BCUT2D eigenvalue weighted by Gasteiger charge is 2.23. The van der Waals surface area contributed by atoms with E-state index in [9.17, 15) is 14.7 Å². The van der Waals surface area contributed by atoms with Crippen molar-refractivity contribution in [3.63, 3.8) is 0 Å². The van der Waals surface area contributed by atoms with Crippen LogP contribution in [0.4, 0.5) is 0 Å². The normalized spacial score (nSPS) is 18.1. The number of rotatable bonds is 8. The van der Waals surface area contributed by atoms with Gasteiger partial charge in [0.1, 0.15) is 0 Å². The first-order valence-corrected chi connectivity index (χ1v) is 10.1. The van der Waals surface area contributed by atoms with Crippen LogP contribution in [0, 0.1) is 11.8 Å². The van der Waals surface area contributed by atoms with Gasteiger partial charge in [0.2, 0.25) is 5.91 Å². The van der Waals surface area contributed by atoms with Gasteiger partial charge in [-0.05, 0) is 24.8 Å². The molecule has 29 heavy (non-hydrogen) atoms. The van der Waals surface area contributed by atoms with Gasteiger partial charge in [0.15, 0.2) is 0 Å². The van der Waals surface area contributed by atoms with Gasteiger partial charge in [-0.3, -0.25) is 9.59 Å². The van der Waals surface area contributed by atoms with E-state index in [1.165, 1.54) is 0 Å². The number of likely N-dealkylation sites (tertiary alicyclic amines) is 1. The summed E-state index contributed by atoms with van der Waals surface area (Å²) in [6.45, 7) is 0.351. The fourth-order valence-electron chi connectivity index (χ4n) is 3.31. The van der Waals surface area contributed by atoms with Crippen molar-refractivity contribution in [3.8, 4) is 11.8 Å². The lowest BCUT2D eigenvalue weighted by atomic mass is 10.0. The zero-order valence-electron chi connectivity index (χ0n) is 16.8. The van der Waals surface area contributed by atoms with Gasteiger partial charge in [-0.1, -0.05) is 54.8 Å². The molecule has 1 amide bonds. The van der Waals surface area contributed by atoms with Gasteiger partial charge in [0.05, 0.1) is 18.7 Å². The van der Waals surface area contributed by atoms with Crippen LogP contribution in [-0.2, 0) is 20.8 Å². The van der Waals surface area contributed by atoms with Crippen LogP contribution in [0.15, 0.2) is 42.5 Å². The molecule has 156 valence electrons. The Balaban J connectivity index is 1.91. The number of hydrogen-bond donors (Lipinski definition) is 2. The first-order valence-electron chi connectivity index (χ1n) is 10.1. The van der Waals surface area contributed by atoms with Crippen LogP contribution in [0.5, 0.6) is 0 Å². The number of nitrogens with zero attached hydrogens (tertiary/aromatic N) is 1. The SMILES string of the molecule is NOC(=O)CCCC#CCN1C(=O)CCCC[C@@H]1C=CC(O)Cc1ccccc1. The average molecular weight is 399 g/mol. The van der Waals surface area contributed by atoms with Crippen LogP contribution < -0.4 is 5.90 Å². The summed E-state index contributed by atoms with van der Waals surface area (Å²) in [5, 5.41) is 10.3. The quantitative estimate of drug-likeness (QED) is 0.304. The molecule has 0 spiro atoms. The minimum absolute atomic E-state index is 0.0584. The topological polar surface area (TPSA) is 92.9 Å². The molecule has 1 aliphatic heterocycles. The summed E-state index contributed by atoms with van der Waals surface area (Å²) in [4.78, 5) is 29.4. The van der Waals surface area contributed by atoms with Crippen molar-refractivity contribution >= 4 is 11.9 Å². The lowest BCUT2D eigenvalue weighted by Gasteiger charge is -2.26. The Morgan fingerprint density at radius 2 is 2.10 bits per heavy atom. The van der Waals surface area contributed by atoms with Crippen molar-refractivity contribution in [1.29, 1.82) is 0 Å². The largest absolute Gasteiger partial charge is 0.389 e. The van der Waals surface area contributed by atoms with Gasteiger partial charge in [-0.2, -0.15) is 5.90 Å². The zero-order chi connectivity index (χ0) is 20.9. The summed E-state index contributed by atoms with van der Waals surface area (Å²) >= 11 is 0. The lowest BCUT2D eigenvalue weighted by Crippen LogP contribution is -2.38. The second-order valence-electron chi connectivity index (χ2n) is 7.17. The standard InChI is InChI=1S/C23H30N2O4/c24-29-23(28)14-6-1-2-9-17-25-20(12-7-8-13-22(25)27)15-16-21(26)18-19-10-4-3-5-11-19/h3-5,10-11,15-16,20-21,26H,1,6-8,12-14,17-18,24H2/t20-,21?/m1/s1. The molecule has 0 aromatic heterocycles. The molecular weight excluding hydrogens is 368 g/mol. The molecule has 1 fully saturated rings. The molecule has 1 aromatic carbocycles. The van der Waals surface area contributed by atoms with E-state index in [0.29, 0.717) is 32.2 Å². The Morgan fingerprint density at radius 3 is 2.86 bits per heavy atom. The van der Waals surface area contributed by atoms with Gasteiger partial charge in [0.25, 0.3) is 0 Å². The maximum Gasteiger partial charge on any atom is 0.324 e. The number of unbranched alkanes of at least 4 members (excludes halogenated alkanes) is 1. The Kier molecular flexibility index (Phi) is 9.98. The van der Waals surface area contributed by atoms with Crippen LogP contribution in [0.25, 0.3) is 0 Å². The Morgan fingerprint density at radius 1 is 1.31 bits per heavy atom. The number of amides is 1. The van der Waals surface area contributed by atoms with Crippen molar-refractivity contribution < 1.29 is 19.5 Å². The summed E-state index contributed by atoms with van der Waals surface area (Å²) in [6, 6.07) is 9.77. The second-order valence-corrected chi connectivity index (χ2v) is 7.17. The third kappa shape index (κ3) is 8.51. The second kappa shape index (κ2) is 12.8. The van der Waals surface area contributed by atoms with Crippen molar-refractivity contribution in [2.45, 2.75) is 63.5 Å². The molecule has 6 nitrogen and oxygen atoms in total. The Hall–Kier alpha value is -2.62. The maximum absolute atomic E-state index is 12.5. The molecule has 0 aliphatic carbocycles. The van der Waals surface area contributed by atoms with Crippen molar-refractivity contribution in [1.82, 2.24) is 4.90 Å². The average Bonchev–Trinajstić information content (AvgIpc) is 2.90. The number of benzene rings is 1. The van der Waals surface area contributed by atoms with E-state index in [1.54, 1.807) is 11.0 Å². The van der Waals surface area contributed by atoms with Crippen molar-refractivity contribution in [2.75, 3.05) is 6.54 Å². The van der Waals surface area contributed by atoms with Gasteiger partial charge < -0.3 is 14.8 Å². The molecule has 0 saturated carbocycles. The summed E-state index contributed by atoms with van der Waals surface area (Å²) < 4.78 is 0. The summed E-state index contributed by atoms with van der Waals surface area (Å²) in [5.41, 5.74) is 1.07. The molecule has 1 aliphatic rings. The fraction of sp³-hybridized carbons (Fsp3) is 0.478. The molecule has 1 aromatic rings. The molecule has 2 rings (SSSR count). The van der Waals surface area contributed by atoms with Crippen LogP contribution in [0.3, 0.4) is 0 Å². The monoisotopic (exact) mass is 398 g/mol. The first kappa shape index (κ1) is 22.7. The number of carbonyl (C=O) groups is 2. The molecule has 1 saturated heterocycles. The third-order valence-corrected chi connectivity index (χ3v) is 4.89. The van der Waals surface area contributed by atoms with E-state index in [0.717, 1.165) is 24.8 Å². The van der Waals surface area contributed by atoms with Crippen LogP contribution in [0.2, 0.25) is 0 Å². The number of aliphatic hydroxyl groups is 1. The highest BCUT2D eigenvalue weighted by atomic mass is 16.7. The molecular formula is C23H30N2O4. The molecule has 0 radical (unpaired) electrons. The number of hydrogen-bond acceptors (Lipinski definition) is 5. The minimum Gasteiger partial charge on any atom is -0.389 e. The van der Waals surface area contributed by atoms with E-state index in [-0.39, 0.29) is 18.4 Å². The predicted octanol–water partition coefficient (Wildman–Crippen LogP) is 2.51. The number of carbonyl (C=O) groups excluding carboxylic acids is 2. The summed E-state index contributed by atoms with van der Waals surface area (Å²) in [5.74, 6) is 10.5. The van der Waals surface area contributed by atoms with Crippen LogP contribution >= 0.6 is 0 Å². The highest BCUT2D eigenvalue weighted by Crippen LogP contribution is 2.19. The van der Waals surface area contributed by atoms with Gasteiger partial charge >= 0.3 is 5.97 Å². The Labute approximate surface area is 172 Å². The van der Waals surface area contributed by atoms with Gasteiger partial charge in [-0.25, -0.2) is 0 Å². The first-order chi connectivity index (χ1) is 14.1. The molecule has 1 unspecified atom stereocenters. The van der Waals surface area contributed by atoms with E-state index < -0.39 is 12.1 Å². The molecule has 2 atom stereocenters. The van der Waals surface area contributed by atoms with E-state index in [2.05, 4.69) is 16.7 Å². The summed E-state index contributed by atoms with van der Waals surface area (Å²) in [6.07, 6.45) is 8.28. The Bertz CT molecular complexity index is 736. The number of nitrogens with two attached hydrogens (primary N) is 1. The molecule has 3 N–H and O–H groups in total. The van der Waals surface area contributed by atoms with E-state index in [4.69, 9.17) is 5.90 Å². The minimum atomic E-state index is -0.592. The lowest BCUT2D eigenvalue weighted by molar-refractivity contribution is -0.144. The summed E-state index contributed by atoms with van der Waals surface area (Å²) in [7, 11) is 0. The van der Waals surface area contributed by atoms with Crippen molar-refractivity contribution in [2.24, 2.45) is 5.90 Å². The number of aliphatic hydroxyl groups excluding tert-OH is 1. The molecule has 0 bridgehead atoms. The fourth-order valence-corrected chi connectivity index (χ4v) is 3.31. The van der Waals surface area contributed by atoms with Gasteiger partial charge in [-0.15, -0.1) is 5.92 Å². The van der Waals surface area contributed by atoms with Crippen LogP contribution in [-0.4, -0.2) is 40.6 Å². The maximum atomic E-state index is 12.5. The third-order valence-electron chi connectivity index (χ3n) is 4.89. The smallest absolute Gasteiger partial charge is 0.324 e. The van der Waals surface area contributed by atoms with Crippen molar-refractivity contribution in [3.05, 3.63) is 48.0 Å². The van der Waals surface area contributed by atoms with E-state index in [1.807, 2.05) is 36.4 Å². The zero-order valence-corrected chi connectivity index (χ0v) is 16.8. The molecule has 1 heterocycles. The van der Waals surface area contributed by atoms with Crippen LogP contribution in [0.1, 0.15) is 50.5 Å². The molecule has 6 heteroatoms. The predicted molar refractivity (Wildman–Crippen MR) is 111 cm³/mol.